The summed E-state index contributed by atoms with van der Waals surface area (Å²) in [5.41, 5.74) is 5.54. The van der Waals surface area contributed by atoms with Crippen molar-refractivity contribution < 1.29 is 0 Å². The average molecular weight is 354 g/mol. The van der Waals surface area contributed by atoms with Crippen molar-refractivity contribution in [3.8, 4) is 0 Å². The minimum Gasteiger partial charge on any atom is -0.330 e. The van der Waals surface area contributed by atoms with E-state index < -0.39 is 0 Å². The van der Waals surface area contributed by atoms with E-state index in [9.17, 15) is 0 Å². The predicted molar refractivity (Wildman–Crippen MR) is 107 cm³/mol. The molecule has 0 spiro atoms. The Balaban J connectivity index is 1.76. The summed E-state index contributed by atoms with van der Waals surface area (Å²) in [7, 11) is 0. The number of fused-ring (bicyclic) bond motifs is 1. The normalized spacial score (nSPS) is 11.3. The van der Waals surface area contributed by atoms with Crippen LogP contribution in [0.25, 0.3) is 10.8 Å². The van der Waals surface area contributed by atoms with Crippen LogP contribution < -0.4 is 10.7 Å². The summed E-state index contributed by atoms with van der Waals surface area (Å²) in [5.74, 6) is 0. The van der Waals surface area contributed by atoms with Gasteiger partial charge in [0.2, 0.25) is 0 Å². The van der Waals surface area contributed by atoms with Crippen LogP contribution in [0.1, 0.15) is 12.5 Å². The van der Waals surface area contributed by atoms with Crippen molar-refractivity contribution >= 4 is 51.1 Å². The highest BCUT2D eigenvalue weighted by Gasteiger charge is 2.05. The molecular weight excluding hydrogens is 338 g/mol. The van der Waals surface area contributed by atoms with Gasteiger partial charge in [-0.2, -0.15) is 5.10 Å². The third-order valence-corrected chi connectivity index (χ3v) is 4.15. The largest absolute Gasteiger partial charge is 0.330 e. The van der Waals surface area contributed by atoms with E-state index in [4.69, 9.17) is 23.8 Å². The van der Waals surface area contributed by atoms with Gasteiger partial charge in [-0.25, -0.2) is 0 Å². The zero-order valence-corrected chi connectivity index (χ0v) is 14.7. The number of thiocarbonyl (C=S) groups is 1. The number of halogens is 1. The molecule has 0 radical (unpaired) electrons. The molecule has 0 aliphatic carbocycles. The highest BCUT2D eigenvalue weighted by Crippen LogP contribution is 2.20. The van der Waals surface area contributed by atoms with Gasteiger partial charge in [0, 0.05) is 5.56 Å². The number of para-hydroxylation sites is 1. The lowest BCUT2D eigenvalue weighted by molar-refractivity contribution is 1.04. The Bertz CT molecular complexity index is 916. The maximum atomic E-state index is 6.11. The highest BCUT2D eigenvalue weighted by molar-refractivity contribution is 7.80. The molecule has 3 aromatic carbocycles. The number of hydrogen-bond acceptors (Lipinski definition) is 2. The van der Waals surface area contributed by atoms with Crippen LogP contribution in [-0.4, -0.2) is 10.8 Å². The molecule has 0 bridgehead atoms. The minimum atomic E-state index is 0.391. The minimum absolute atomic E-state index is 0.391. The molecule has 0 fully saturated rings. The van der Waals surface area contributed by atoms with E-state index in [0.717, 1.165) is 22.3 Å². The van der Waals surface area contributed by atoms with Crippen LogP contribution in [0.3, 0.4) is 0 Å². The smallest absolute Gasteiger partial charge is 0.191 e. The summed E-state index contributed by atoms with van der Waals surface area (Å²) in [6.07, 6.45) is 0. The van der Waals surface area contributed by atoms with Crippen molar-refractivity contribution in [3.63, 3.8) is 0 Å². The van der Waals surface area contributed by atoms with Gasteiger partial charge in [-0.05, 0) is 42.0 Å². The topological polar surface area (TPSA) is 36.4 Å². The molecule has 0 saturated carbocycles. The van der Waals surface area contributed by atoms with Crippen LogP contribution in [0.2, 0.25) is 5.02 Å². The number of nitrogens with zero attached hydrogens (tertiary/aromatic N) is 1. The van der Waals surface area contributed by atoms with Crippen molar-refractivity contribution in [2.75, 3.05) is 5.32 Å². The van der Waals surface area contributed by atoms with Gasteiger partial charge in [0.15, 0.2) is 5.11 Å². The summed E-state index contributed by atoms with van der Waals surface area (Å²) in [6.45, 7) is 1.95. The summed E-state index contributed by atoms with van der Waals surface area (Å²) in [4.78, 5) is 0. The van der Waals surface area contributed by atoms with Crippen LogP contribution in [0.4, 0.5) is 5.69 Å². The number of hydrogen-bond donors (Lipinski definition) is 2. The van der Waals surface area contributed by atoms with E-state index in [-0.39, 0.29) is 0 Å². The number of benzene rings is 3. The molecule has 24 heavy (non-hydrogen) atoms. The third-order valence-electron chi connectivity index (χ3n) is 3.63. The van der Waals surface area contributed by atoms with Crippen molar-refractivity contribution in [3.05, 3.63) is 77.3 Å². The van der Waals surface area contributed by atoms with E-state index in [2.05, 4.69) is 34.0 Å². The van der Waals surface area contributed by atoms with E-state index >= 15 is 0 Å². The van der Waals surface area contributed by atoms with Gasteiger partial charge in [-0.15, -0.1) is 0 Å². The quantitative estimate of drug-likeness (QED) is 0.386. The Hall–Kier alpha value is -2.43. The summed E-state index contributed by atoms with van der Waals surface area (Å²) >= 11 is 11.4. The maximum absolute atomic E-state index is 6.11. The Morgan fingerprint density at radius 2 is 1.67 bits per heavy atom. The van der Waals surface area contributed by atoms with E-state index in [0.29, 0.717) is 10.1 Å². The van der Waals surface area contributed by atoms with E-state index in [1.807, 2.05) is 49.4 Å². The first kappa shape index (κ1) is 16.4. The first-order chi connectivity index (χ1) is 11.6. The van der Waals surface area contributed by atoms with Crippen LogP contribution in [0.15, 0.2) is 71.8 Å². The highest BCUT2D eigenvalue weighted by atomic mass is 35.5. The number of nitrogens with one attached hydrogen (secondary N) is 2. The summed E-state index contributed by atoms with van der Waals surface area (Å²) in [6, 6.07) is 21.8. The van der Waals surface area contributed by atoms with Crippen LogP contribution >= 0.6 is 23.8 Å². The average Bonchev–Trinajstić information content (AvgIpc) is 2.61. The first-order valence-electron chi connectivity index (χ1n) is 7.49. The third kappa shape index (κ3) is 3.72. The molecule has 0 aliphatic rings. The molecule has 0 heterocycles. The molecule has 0 unspecified atom stereocenters. The fourth-order valence-corrected chi connectivity index (χ4v) is 2.79. The fourth-order valence-electron chi connectivity index (χ4n) is 2.45. The molecule has 0 saturated heterocycles. The van der Waals surface area contributed by atoms with E-state index in [1.54, 1.807) is 6.07 Å². The Morgan fingerprint density at radius 1 is 0.958 bits per heavy atom. The van der Waals surface area contributed by atoms with Crippen molar-refractivity contribution in [1.29, 1.82) is 0 Å². The zero-order valence-electron chi connectivity index (χ0n) is 13.1. The molecule has 120 valence electrons. The van der Waals surface area contributed by atoms with Gasteiger partial charge in [-0.1, -0.05) is 66.2 Å². The predicted octanol–water partition coefficient (Wildman–Crippen LogP) is 5.20. The SMILES string of the molecule is CC(=NNC(=S)Nc1ccccc1Cl)c1cccc2ccccc12. The molecule has 0 aliphatic heterocycles. The molecule has 3 aromatic rings. The maximum Gasteiger partial charge on any atom is 0.191 e. The molecule has 0 amide bonds. The van der Waals surface area contributed by atoms with Gasteiger partial charge in [0.1, 0.15) is 0 Å². The second-order valence-corrected chi connectivity index (χ2v) is 6.09. The van der Waals surface area contributed by atoms with E-state index in [1.165, 1.54) is 5.39 Å². The Labute approximate surface area is 151 Å². The monoisotopic (exact) mass is 353 g/mol. The molecule has 3 rings (SSSR count). The lowest BCUT2D eigenvalue weighted by atomic mass is 10.0. The Kier molecular flexibility index (Phi) is 5.08. The Morgan fingerprint density at radius 3 is 2.50 bits per heavy atom. The van der Waals surface area contributed by atoms with Gasteiger partial charge >= 0.3 is 0 Å². The van der Waals surface area contributed by atoms with Crippen LogP contribution in [0.5, 0.6) is 0 Å². The first-order valence-corrected chi connectivity index (χ1v) is 8.28. The second kappa shape index (κ2) is 7.43. The van der Waals surface area contributed by atoms with Crippen molar-refractivity contribution in [2.24, 2.45) is 5.10 Å². The lowest BCUT2D eigenvalue weighted by Gasteiger charge is -2.10. The number of hydrazone groups is 1. The molecule has 0 aromatic heterocycles. The van der Waals surface area contributed by atoms with Crippen LogP contribution in [0, 0.1) is 0 Å². The lowest BCUT2D eigenvalue weighted by Crippen LogP contribution is -2.25. The van der Waals surface area contributed by atoms with Crippen LogP contribution in [-0.2, 0) is 0 Å². The fraction of sp³-hybridized carbons (Fsp3) is 0.0526. The zero-order chi connectivity index (χ0) is 16.9. The number of rotatable bonds is 3. The molecule has 3 nitrogen and oxygen atoms in total. The molecule has 2 N–H and O–H groups in total. The molecule has 0 atom stereocenters. The molecular formula is C19H16ClN3S. The number of anilines is 1. The van der Waals surface area contributed by atoms with Crippen molar-refractivity contribution in [1.82, 2.24) is 5.43 Å². The second-order valence-electron chi connectivity index (χ2n) is 5.27. The van der Waals surface area contributed by atoms with Gasteiger partial charge < -0.3 is 5.32 Å². The summed E-state index contributed by atoms with van der Waals surface area (Å²) in [5, 5.41) is 10.8. The summed E-state index contributed by atoms with van der Waals surface area (Å²) < 4.78 is 0. The van der Waals surface area contributed by atoms with Gasteiger partial charge in [0.05, 0.1) is 16.4 Å². The van der Waals surface area contributed by atoms with Gasteiger partial charge in [-0.3, -0.25) is 5.43 Å². The van der Waals surface area contributed by atoms with Gasteiger partial charge in [0.25, 0.3) is 0 Å². The van der Waals surface area contributed by atoms with Crippen molar-refractivity contribution in [2.45, 2.75) is 6.92 Å². The molecule has 5 heteroatoms. The standard InChI is InChI=1S/C19H16ClN3S/c1-13(15-10-6-8-14-7-2-3-9-16(14)15)22-23-19(24)21-18-12-5-4-11-17(18)20/h2-12H,1H3,(H2,21,23,24).